The van der Waals surface area contributed by atoms with E-state index in [0.29, 0.717) is 32.3 Å². The fraction of sp³-hybridized carbons (Fsp3) is 0.250. The van der Waals surface area contributed by atoms with Crippen molar-refractivity contribution in [1.29, 1.82) is 0 Å². The number of halogens is 2. The summed E-state index contributed by atoms with van der Waals surface area (Å²) in [7, 11) is -2.66. The van der Waals surface area contributed by atoms with Gasteiger partial charge in [-0.3, -0.25) is 0 Å². The van der Waals surface area contributed by atoms with Crippen LogP contribution < -0.4 is 10.6 Å². The smallest absolute Gasteiger partial charge is 0.224 e. The number of nitrogens with one attached hydrogen (secondary N) is 1. The minimum atomic E-state index is -2.66. The highest BCUT2D eigenvalue weighted by atomic mass is 79.9. The molecule has 0 saturated carbocycles. The Bertz CT molecular complexity index is 1040. The summed E-state index contributed by atoms with van der Waals surface area (Å²) in [4.78, 5) is 17.3. The van der Waals surface area contributed by atoms with Gasteiger partial charge in [-0.15, -0.1) is 0 Å². The molecule has 6 nitrogen and oxygen atoms in total. The molecule has 0 fully saturated rings. The molecule has 25 heavy (non-hydrogen) atoms. The molecule has 0 aliphatic rings. The van der Waals surface area contributed by atoms with Crippen LogP contribution >= 0.6 is 34.7 Å². The van der Waals surface area contributed by atoms with E-state index in [1.165, 1.54) is 0 Å². The van der Waals surface area contributed by atoms with E-state index < -0.39 is 7.14 Å². The number of fused-ring (bicyclic) bond motifs is 1. The average molecular weight is 441 g/mol. The van der Waals surface area contributed by atoms with Crippen molar-refractivity contribution in [2.75, 3.05) is 18.6 Å². The zero-order valence-electron chi connectivity index (χ0n) is 14.1. The molecule has 0 bridgehead atoms. The van der Waals surface area contributed by atoms with Gasteiger partial charge in [0.1, 0.15) is 18.5 Å². The standard InChI is InChI=1S/C16H16BrClN5OP/c1-8-9(2)21-13-11(20-8)5-6-12(14(13)25(3,4)24)22-15-10(17)7-19-16(18)23-15/h5-7H,1-4H3,(H,19,22,23). The highest BCUT2D eigenvalue weighted by molar-refractivity contribution is 9.10. The Hall–Kier alpha value is -1.56. The van der Waals surface area contributed by atoms with E-state index in [1.54, 1.807) is 19.5 Å². The Balaban J connectivity index is 2.26. The Kier molecular flexibility index (Phi) is 4.84. The van der Waals surface area contributed by atoms with Crippen molar-refractivity contribution in [2.45, 2.75) is 13.8 Å². The number of rotatable bonds is 3. The van der Waals surface area contributed by atoms with Gasteiger partial charge in [0.25, 0.3) is 0 Å². The molecule has 0 saturated heterocycles. The van der Waals surface area contributed by atoms with Crippen molar-refractivity contribution < 1.29 is 4.57 Å². The van der Waals surface area contributed by atoms with Crippen LogP contribution in [0.4, 0.5) is 11.5 Å². The summed E-state index contributed by atoms with van der Waals surface area (Å²) in [6.45, 7) is 7.23. The van der Waals surface area contributed by atoms with Gasteiger partial charge in [0.15, 0.2) is 0 Å². The van der Waals surface area contributed by atoms with Crippen LogP contribution in [-0.4, -0.2) is 33.3 Å². The quantitative estimate of drug-likeness (QED) is 0.479. The van der Waals surface area contributed by atoms with Crippen molar-refractivity contribution in [3.8, 4) is 0 Å². The van der Waals surface area contributed by atoms with Gasteiger partial charge in [0.05, 0.1) is 32.4 Å². The molecule has 0 unspecified atom stereocenters. The second kappa shape index (κ2) is 6.63. The molecular formula is C16H16BrClN5OP. The number of nitrogens with zero attached hydrogens (tertiary/aromatic N) is 4. The molecular weight excluding hydrogens is 425 g/mol. The summed E-state index contributed by atoms with van der Waals surface area (Å²) >= 11 is 9.28. The average Bonchev–Trinajstić information content (AvgIpc) is 2.51. The lowest BCUT2D eigenvalue weighted by Crippen LogP contribution is -2.14. The summed E-state index contributed by atoms with van der Waals surface area (Å²) < 4.78 is 13.7. The molecule has 1 N–H and O–H groups in total. The molecule has 0 aliphatic carbocycles. The van der Waals surface area contributed by atoms with Gasteiger partial charge in [-0.1, -0.05) is 0 Å². The number of hydrogen-bond acceptors (Lipinski definition) is 6. The molecule has 9 heteroatoms. The first-order valence-electron chi connectivity index (χ1n) is 7.45. The molecule has 2 aromatic heterocycles. The normalized spacial score (nSPS) is 11.8. The van der Waals surface area contributed by atoms with Crippen molar-refractivity contribution in [3.05, 3.63) is 39.5 Å². The van der Waals surface area contributed by atoms with Gasteiger partial charge in [-0.05, 0) is 66.8 Å². The van der Waals surface area contributed by atoms with Crippen LogP contribution in [0, 0.1) is 13.8 Å². The van der Waals surface area contributed by atoms with Gasteiger partial charge in [-0.25, -0.2) is 15.0 Å². The van der Waals surface area contributed by atoms with Crippen molar-refractivity contribution >= 4 is 62.5 Å². The molecule has 0 atom stereocenters. The van der Waals surface area contributed by atoms with Crippen LogP contribution in [-0.2, 0) is 4.57 Å². The van der Waals surface area contributed by atoms with Crippen molar-refractivity contribution in [3.63, 3.8) is 0 Å². The Morgan fingerprint density at radius 3 is 2.48 bits per heavy atom. The van der Waals surface area contributed by atoms with E-state index in [0.717, 1.165) is 11.4 Å². The molecule has 0 amide bonds. The number of anilines is 2. The zero-order chi connectivity index (χ0) is 18.4. The van der Waals surface area contributed by atoms with Crippen molar-refractivity contribution in [1.82, 2.24) is 19.9 Å². The van der Waals surface area contributed by atoms with E-state index in [1.807, 2.05) is 26.0 Å². The zero-order valence-corrected chi connectivity index (χ0v) is 17.4. The first kappa shape index (κ1) is 18.2. The second-order valence-electron chi connectivity index (χ2n) is 6.04. The predicted octanol–water partition coefficient (Wildman–Crippen LogP) is 4.44. The van der Waals surface area contributed by atoms with Crippen LogP contribution in [0.1, 0.15) is 11.4 Å². The fourth-order valence-electron chi connectivity index (χ4n) is 2.49. The lowest BCUT2D eigenvalue weighted by molar-refractivity contribution is 0.588. The van der Waals surface area contributed by atoms with E-state index in [4.69, 9.17) is 11.6 Å². The SMILES string of the molecule is Cc1nc2ccc(Nc3nc(Cl)ncc3Br)c(P(C)(C)=O)c2nc1C. The summed E-state index contributed by atoms with van der Waals surface area (Å²) in [6.07, 6.45) is 1.56. The van der Waals surface area contributed by atoms with E-state index in [9.17, 15) is 4.57 Å². The largest absolute Gasteiger partial charge is 0.338 e. The Morgan fingerprint density at radius 2 is 1.80 bits per heavy atom. The maximum atomic E-state index is 13.0. The lowest BCUT2D eigenvalue weighted by Gasteiger charge is -2.18. The lowest BCUT2D eigenvalue weighted by atomic mass is 10.2. The topological polar surface area (TPSA) is 80.7 Å². The minimum absolute atomic E-state index is 0.121. The molecule has 1 aromatic carbocycles. The molecule has 0 radical (unpaired) electrons. The molecule has 0 spiro atoms. The van der Waals surface area contributed by atoms with Crippen LogP contribution in [0.15, 0.2) is 22.8 Å². The van der Waals surface area contributed by atoms with Gasteiger partial charge in [0.2, 0.25) is 5.28 Å². The minimum Gasteiger partial charge on any atom is -0.338 e. The van der Waals surface area contributed by atoms with Gasteiger partial charge >= 0.3 is 0 Å². The van der Waals surface area contributed by atoms with E-state index in [-0.39, 0.29) is 5.28 Å². The number of aromatic nitrogens is 4. The molecule has 2 heterocycles. The summed E-state index contributed by atoms with van der Waals surface area (Å²) in [5, 5.41) is 3.95. The highest BCUT2D eigenvalue weighted by Gasteiger charge is 2.23. The van der Waals surface area contributed by atoms with Crippen LogP contribution in [0.25, 0.3) is 11.0 Å². The monoisotopic (exact) mass is 439 g/mol. The van der Waals surface area contributed by atoms with Gasteiger partial charge in [0, 0.05) is 6.20 Å². The molecule has 130 valence electrons. The summed E-state index contributed by atoms with van der Waals surface area (Å²) in [5.41, 5.74) is 3.68. The van der Waals surface area contributed by atoms with Crippen molar-refractivity contribution in [2.24, 2.45) is 0 Å². The maximum absolute atomic E-state index is 13.0. The van der Waals surface area contributed by atoms with E-state index >= 15 is 0 Å². The highest BCUT2D eigenvalue weighted by Crippen LogP contribution is 2.41. The first-order chi connectivity index (χ1) is 11.7. The molecule has 0 aliphatic heterocycles. The van der Waals surface area contributed by atoms with Gasteiger partial charge < -0.3 is 9.88 Å². The third-order valence-electron chi connectivity index (χ3n) is 3.73. The molecule has 3 aromatic rings. The number of aryl methyl sites for hydroxylation is 2. The maximum Gasteiger partial charge on any atom is 0.224 e. The predicted molar refractivity (Wildman–Crippen MR) is 106 cm³/mol. The second-order valence-corrected chi connectivity index (χ2v) is 10.4. The number of benzene rings is 1. The fourth-order valence-corrected chi connectivity index (χ4v) is 4.30. The molecule has 3 rings (SSSR count). The first-order valence-corrected chi connectivity index (χ1v) is 11.2. The Labute approximate surface area is 159 Å². The van der Waals surface area contributed by atoms with E-state index in [2.05, 4.69) is 41.2 Å². The summed E-state index contributed by atoms with van der Waals surface area (Å²) in [6, 6.07) is 3.69. The third-order valence-corrected chi connectivity index (χ3v) is 6.02. The van der Waals surface area contributed by atoms with Crippen LogP contribution in [0.5, 0.6) is 0 Å². The van der Waals surface area contributed by atoms with Crippen LogP contribution in [0.2, 0.25) is 5.28 Å². The number of hydrogen-bond donors (Lipinski definition) is 1. The third kappa shape index (κ3) is 3.68. The van der Waals surface area contributed by atoms with Gasteiger partial charge in [-0.2, -0.15) is 4.98 Å². The summed E-state index contributed by atoms with van der Waals surface area (Å²) in [5.74, 6) is 0.492. The Morgan fingerprint density at radius 1 is 1.12 bits per heavy atom. The van der Waals surface area contributed by atoms with Crippen LogP contribution in [0.3, 0.4) is 0 Å².